The highest BCUT2D eigenvalue weighted by Gasteiger charge is 2.26. The molecule has 0 aliphatic rings. The van der Waals surface area contributed by atoms with Crippen LogP contribution >= 0.6 is 11.8 Å². The Morgan fingerprint density at radius 3 is 2.40 bits per heavy atom. The van der Waals surface area contributed by atoms with E-state index in [1.54, 1.807) is 0 Å². The van der Waals surface area contributed by atoms with Crippen LogP contribution in [0.3, 0.4) is 0 Å². The third-order valence-electron chi connectivity index (χ3n) is 7.15. The first-order chi connectivity index (χ1) is 19.3. The molecule has 0 aliphatic carbocycles. The van der Waals surface area contributed by atoms with Gasteiger partial charge in [0, 0.05) is 33.9 Å². The van der Waals surface area contributed by atoms with Gasteiger partial charge in [-0.2, -0.15) is 0 Å². The average Bonchev–Trinajstić information content (AvgIpc) is 3.56. The molecule has 0 fully saturated rings. The molecule has 0 amide bonds. The molecule has 1 N–H and O–H groups in total. The molecule has 2 aromatic heterocycles. The average molecular weight is 553 g/mol. The van der Waals surface area contributed by atoms with Gasteiger partial charge in [0.25, 0.3) is 0 Å². The maximum atomic E-state index is 13.8. The molecule has 0 saturated heterocycles. The van der Waals surface area contributed by atoms with Gasteiger partial charge < -0.3 is 9.72 Å². The lowest BCUT2D eigenvalue weighted by molar-refractivity contribution is 0.0992. The van der Waals surface area contributed by atoms with Crippen LogP contribution in [0.15, 0.2) is 78.1 Å². The number of aromatic nitrogens is 4. The van der Waals surface area contributed by atoms with Crippen molar-refractivity contribution in [3.63, 3.8) is 0 Å². The smallest absolute Gasteiger partial charge is 0.196 e. The number of nitrogens with one attached hydrogen (secondary N) is 1. The molecule has 6 nitrogen and oxygen atoms in total. The molecule has 1 atom stereocenters. The number of nitrogens with zero attached hydrogens (tertiary/aromatic N) is 3. The minimum atomic E-state index is -0.358. The fourth-order valence-electron chi connectivity index (χ4n) is 4.94. The Bertz CT molecular complexity index is 1630. The molecule has 5 aromatic rings. The Morgan fingerprint density at radius 1 is 0.950 bits per heavy atom. The zero-order valence-electron chi connectivity index (χ0n) is 23.9. The number of hydrogen-bond donors (Lipinski definition) is 1. The van der Waals surface area contributed by atoms with Gasteiger partial charge in [-0.05, 0) is 67.1 Å². The molecule has 0 radical (unpaired) electrons. The van der Waals surface area contributed by atoms with Gasteiger partial charge in [0.1, 0.15) is 5.75 Å². The van der Waals surface area contributed by atoms with Gasteiger partial charge in [-0.1, -0.05) is 75.9 Å². The number of fused-ring (bicyclic) bond motifs is 1. The summed E-state index contributed by atoms with van der Waals surface area (Å²) in [6.07, 6.45) is 1.97. The van der Waals surface area contributed by atoms with Crippen molar-refractivity contribution in [2.24, 2.45) is 0 Å². The third kappa shape index (κ3) is 5.43. The van der Waals surface area contributed by atoms with Gasteiger partial charge in [0.05, 0.1) is 11.9 Å². The Kier molecular flexibility index (Phi) is 8.12. The zero-order valence-corrected chi connectivity index (χ0v) is 24.8. The van der Waals surface area contributed by atoms with Crippen molar-refractivity contribution in [1.82, 2.24) is 19.7 Å². The number of thioether (sulfide) groups is 1. The van der Waals surface area contributed by atoms with Crippen LogP contribution < -0.4 is 4.74 Å². The lowest BCUT2D eigenvalue weighted by Gasteiger charge is -2.18. The number of aromatic amines is 1. The van der Waals surface area contributed by atoms with Crippen LogP contribution in [-0.4, -0.2) is 37.4 Å². The fourth-order valence-corrected chi connectivity index (χ4v) is 5.88. The second kappa shape index (κ2) is 11.7. The highest BCUT2D eigenvalue weighted by Crippen LogP contribution is 2.35. The monoisotopic (exact) mass is 552 g/mol. The minimum Gasteiger partial charge on any atom is -0.494 e. The summed E-state index contributed by atoms with van der Waals surface area (Å²) < 4.78 is 7.70. The van der Waals surface area contributed by atoms with Gasteiger partial charge in [0.15, 0.2) is 16.8 Å². The lowest BCUT2D eigenvalue weighted by Crippen LogP contribution is -2.17. The molecule has 0 unspecified atom stereocenters. The van der Waals surface area contributed by atoms with Gasteiger partial charge >= 0.3 is 0 Å². The van der Waals surface area contributed by atoms with Crippen LogP contribution in [0.4, 0.5) is 0 Å². The van der Waals surface area contributed by atoms with Crippen LogP contribution in [-0.2, 0) is 0 Å². The van der Waals surface area contributed by atoms with Gasteiger partial charge in [0.2, 0.25) is 0 Å². The van der Waals surface area contributed by atoms with Gasteiger partial charge in [-0.25, -0.2) is 0 Å². The highest BCUT2D eigenvalue weighted by molar-refractivity contribution is 8.00. The molecule has 5 rings (SSSR count). The van der Waals surface area contributed by atoms with E-state index < -0.39 is 0 Å². The van der Waals surface area contributed by atoms with E-state index in [9.17, 15) is 4.79 Å². The number of ether oxygens (including phenoxy) is 1. The third-order valence-corrected chi connectivity index (χ3v) is 8.19. The first kappa shape index (κ1) is 27.7. The second-order valence-corrected chi connectivity index (χ2v) is 11.9. The normalized spacial score (nSPS) is 12.4. The Morgan fingerprint density at radius 2 is 1.70 bits per heavy atom. The van der Waals surface area contributed by atoms with E-state index in [2.05, 4.69) is 61.1 Å². The van der Waals surface area contributed by atoms with Gasteiger partial charge in [-0.15, -0.1) is 10.2 Å². The lowest BCUT2D eigenvalue weighted by atomic mass is 9.89. The quantitative estimate of drug-likeness (QED) is 0.139. The van der Waals surface area contributed by atoms with E-state index in [0.717, 1.165) is 39.0 Å². The molecular weight excluding hydrogens is 516 g/mol. The van der Waals surface area contributed by atoms with Gasteiger partial charge in [-0.3, -0.25) is 9.36 Å². The van der Waals surface area contributed by atoms with Crippen molar-refractivity contribution >= 4 is 28.4 Å². The Balaban J connectivity index is 1.54. The summed E-state index contributed by atoms with van der Waals surface area (Å²) in [6, 6.07) is 22.3. The minimum absolute atomic E-state index is 0.0962. The fraction of sp³-hybridized carbons (Fsp3) is 0.303. The number of hydrogen-bond acceptors (Lipinski definition) is 5. The van der Waals surface area contributed by atoms with Crippen LogP contribution in [0, 0.1) is 0 Å². The van der Waals surface area contributed by atoms with Crippen molar-refractivity contribution in [3.8, 4) is 22.8 Å². The Labute approximate surface area is 240 Å². The Hall–Kier alpha value is -3.84. The maximum Gasteiger partial charge on any atom is 0.196 e. The molecule has 3 aromatic carbocycles. The summed E-state index contributed by atoms with van der Waals surface area (Å²) in [5.41, 5.74) is 6.01. The summed E-state index contributed by atoms with van der Waals surface area (Å²) in [5, 5.41) is 10.6. The second-order valence-electron chi connectivity index (χ2n) is 10.6. The summed E-state index contributed by atoms with van der Waals surface area (Å²) in [6.45, 7) is 13.2. The molecule has 7 heteroatoms. The summed E-state index contributed by atoms with van der Waals surface area (Å²) in [7, 11) is 0. The first-order valence-electron chi connectivity index (χ1n) is 13.9. The molecule has 0 spiro atoms. The number of ketones is 1. The van der Waals surface area contributed by atoms with Crippen molar-refractivity contribution in [3.05, 3.63) is 89.6 Å². The maximum absolute atomic E-state index is 13.8. The molecule has 40 heavy (non-hydrogen) atoms. The van der Waals surface area contributed by atoms with Crippen LogP contribution in [0.25, 0.3) is 28.0 Å². The standard InChI is InChI=1S/C33H36N4O2S/c1-7-39-25-15-13-24(14-16-25)37-32(29-19-34-30-11-9-8-10-26(29)30)35-36-33(37)40-22(6)31(38)27-17-12-23(20(2)3)18-28(27)21(4)5/h8-22,34H,7H2,1-6H3/t22-/m1/s1. The van der Waals surface area contributed by atoms with Crippen molar-refractivity contribution in [1.29, 1.82) is 0 Å². The number of Topliss-reactive ketones (excluding diaryl/α,β-unsaturated/α-hetero) is 1. The summed E-state index contributed by atoms with van der Waals surface area (Å²) in [4.78, 5) is 17.2. The van der Waals surface area contributed by atoms with E-state index >= 15 is 0 Å². The van der Waals surface area contributed by atoms with Crippen LogP contribution in [0.2, 0.25) is 0 Å². The predicted octanol–water partition coefficient (Wildman–Crippen LogP) is 8.42. The number of para-hydroxylation sites is 1. The number of rotatable bonds is 10. The molecule has 0 aliphatic heterocycles. The van der Waals surface area contributed by atoms with Crippen LogP contribution in [0.5, 0.6) is 5.75 Å². The number of carbonyl (C=O) groups is 1. The summed E-state index contributed by atoms with van der Waals surface area (Å²) in [5.74, 6) is 2.27. The predicted molar refractivity (Wildman–Crippen MR) is 164 cm³/mol. The SMILES string of the molecule is CCOc1ccc(-n2c(S[C@H](C)C(=O)c3ccc(C(C)C)cc3C(C)C)nnc2-c2c[nH]c3ccccc23)cc1. The molecule has 0 bridgehead atoms. The zero-order chi connectivity index (χ0) is 28.4. The largest absolute Gasteiger partial charge is 0.494 e. The first-order valence-corrected chi connectivity index (χ1v) is 14.8. The molecule has 0 saturated carbocycles. The number of carbonyl (C=O) groups excluding carboxylic acids is 1. The molecular formula is C33H36N4O2S. The molecule has 2 heterocycles. The van der Waals surface area contributed by atoms with E-state index in [1.807, 2.05) is 73.1 Å². The van der Waals surface area contributed by atoms with E-state index in [4.69, 9.17) is 4.74 Å². The summed E-state index contributed by atoms with van der Waals surface area (Å²) >= 11 is 1.44. The molecule has 206 valence electrons. The van der Waals surface area contributed by atoms with E-state index in [0.29, 0.717) is 23.5 Å². The van der Waals surface area contributed by atoms with Crippen molar-refractivity contribution in [2.75, 3.05) is 6.61 Å². The van der Waals surface area contributed by atoms with E-state index in [-0.39, 0.29) is 17.0 Å². The van der Waals surface area contributed by atoms with Crippen molar-refractivity contribution < 1.29 is 9.53 Å². The number of benzene rings is 3. The van der Waals surface area contributed by atoms with Crippen molar-refractivity contribution in [2.45, 2.75) is 63.8 Å². The van der Waals surface area contributed by atoms with E-state index in [1.165, 1.54) is 17.3 Å². The number of H-pyrrole nitrogens is 1. The highest BCUT2D eigenvalue weighted by atomic mass is 32.2. The topological polar surface area (TPSA) is 72.8 Å². The van der Waals surface area contributed by atoms with Crippen LogP contribution in [0.1, 0.15) is 74.9 Å².